The van der Waals surface area contributed by atoms with Crippen molar-refractivity contribution in [3.8, 4) is 5.75 Å². The number of benzene rings is 2. The van der Waals surface area contributed by atoms with Gasteiger partial charge in [-0.2, -0.15) is 0 Å². The second kappa shape index (κ2) is 8.68. The third-order valence-electron chi connectivity index (χ3n) is 5.39. The summed E-state index contributed by atoms with van der Waals surface area (Å²) in [7, 11) is -0.202. The average Bonchev–Trinajstić information content (AvgIpc) is 2.66. The Balaban J connectivity index is 0.00000280. The van der Waals surface area contributed by atoms with Crippen LogP contribution in [-0.2, 0) is 21.2 Å². The minimum Gasteiger partial charge on any atom is -0.497 e. The van der Waals surface area contributed by atoms with Crippen molar-refractivity contribution in [2.45, 2.75) is 24.1 Å². The second-order valence-electron chi connectivity index (χ2n) is 7.23. The van der Waals surface area contributed by atoms with E-state index in [1.54, 1.807) is 14.2 Å². The van der Waals surface area contributed by atoms with Crippen LogP contribution < -0.4 is 10.1 Å². The molecule has 2 aromatic rings. The first-order valence-corrected chi connectivity index (χ1v) is 10.9. The highest BCUT2D eigenvalue weighted by molar-refractivity contribution is 7.92. The molecule has 28 heavy (non-hydrogen) atoms. The van der Waals surface area contributed by atoms with Crippen molar-refractivity contribution in [3.63, 3.8) is 0 Å². The molecule has 1 amide bonds. The average molecular weight is 427 g/mol. The van der Waals surface area contributed by atoms with Crippen molar-refractivity contribution in [3.05, 3.63) is 42.0 Å². The number of hydrogen-bond acceptors (Lipinski definition) is 5. The standard InChI is InChI=1S/C20H26N2O4S.ClH/c1-22(19(23)20(27(3,24)25)8-10-21-11-9-20)14-15-4-5-17-13-18(26-2)7-6-16(17)12-15;/h4-7,12-13,21H,8-11,14H2,1-3H3;1H. The maximum absolute atomic E-state index is 13.1. The molecule has 0 bridgehead atoms. The molecule has 1 N–H and O–H groups in total. The van der Waals surface area contributed by atoms with Crippen LogP contribution in [0.3, 0.4) is 0 Å². The van der Waals surface area contributed by atoms with E-state index < -0.39 is 14.6 Å². The van der Waals surface area contributed by atoms with Crippen molar-refractivity contribution in [2.24, 2.45) is 0 Å². The van der Waals surface area contributed by atoms with Gasteiger partial charge >= 0.3 is 0 Å². The molecule has 0 spiro atoms. The highest BCUT2D eigenvalue weighted by Crippen LogP contribution is 2.30. The quantitative estimate of drug-likeness (QED) is 0.794. The highest BCUT2D eigenvalue weighted by atomic mass is 35.5. The number of halogens is 1. The molecule has 0 aliphatic carbocycles. The van der Waals surface area contributed by atoms with E-state index in [0.717, 1.165) is 22.1 Å². The molecule has 3 rings (SSSR count). The molecular weight excluding hydrogens is 400 g/mol. The van der Waals surface area contributed by atoms with Gasteiger partial charge in [0.05, 0.1) is 7.11 Å². The van der Waals surface area contributed by atoms with Gasteiger partial charge in [0.2, 0.25) is 5.91 Å². The van der Waals surface area contributed by atoms with Crippen molar-refractivity contribution < 1.29 is 17.9 Å². The predicted molar refractivity (Wildman–Crippen MR) is 114 cm³/mol. The lowest BCUT2D eigenvalue weighted by molar-refractivity contribution is -0.134. The zero-order chi connectivity index (χ0) is 19.7. The molecule has 0 unspecified atom stereocenters. The number of hydrogen-bond donors (Lipinski definition) is 1. The minimum absolute atomic E-state index is 0. The lowest BCUT2D eigenvalue weighted by atomic mass is 9.95. The topological polar surface area (TPSA) is 75.7 Å². The van der Waals surface area contributed by atoms with E-state index in [1.807, 2.05) is 36.4 Å². The largest absolute Gasteiger partial charge is 0.497 e. The van der Waals surface area contributed by atoms with Gasteiger partial charge in [0.25, 0.3) is 0 Å². The van der Waals surface area contributed by atoms with E-state index in [-0.39, 0.29) is 18.3 Å². The Morgan fingerprint density at radius 1 is 1.14 bits per heavy atom. The van der Waals surface area contributed by atoms with Gasteiger partial charge in [-0.1, -0.05) is 18.2 Å². The van der Waals surface area contributed by atoms with E-state index in [4.69, 9.17) is 4.74 Å². The zero-order valence-corrected chi connectivity index (χ0v) is 18.0. The number of nitrogens with one attached hydrogen (secondary N) is 1. The van der Waals surface area contributed by atoms with Crippen molar-refractivity contribution in [1.29, 1.82) is 0 Å². The number of carbonyl (C=O) groups is 1. The molecule has 6 nitrogen and oxygen atoms in total. The summed E-state index contributed by atoms with van der Waals surface area (Å²) in [5, 5.41) is 5.24. The molecule has 1 heterocycles. The molecule has 1 aliphatic rings. The Kier molecular flexibility index (Phi) is 6.96. The number of sulfone groups is 1. The Morgan fingerprint density at radius 2 is 1.75 bits per heavy atom. The molecule has 0 saturated carbocycles. The van der Waals surface area contributed by atoms with E-state index >= 15 is 0 Å². The first-order chi connectivity index (χ1) is 12.8. The molecule has 0 atom stereocenters. The summed E-state index contributed by atoms with van der Waals surface area (Å²) < 4.78 is 28.8. The molecule has 8 heteroatoms. The summed E-state index contributed by atoms with van der Waals surface area (Å²) in [5.41, 5.74) is 0.959. The number of nitrogens with zero attached hydrogens (tertiary/aromatic N) is 1. The molecule has 0 aromatic heterocycles. The maximum Gasteiger partial charge on any atom is 0.244 e. The van der Waals surface area contributed by atoms with E-state index in [0.29, 0.717) is 32.5 Å². The number of rotatable bonds is 5. The Labute approximate surface area is 172 Å². The number of ether oxygens (including phenoxy) is 1. The van der Waals surface area contributed by atoms with Crippen molar-refractivity contribution in [2.75, 3.05) is 33.5 Å². The van der Waals surface area contributed by atoms with Crippen LogP contribution in [-0.4, -0.2) is 57.5 Å². The fourth-order valence-corrected chi connectivity index (χ4v) is 5.18. The number of piperidine rings is 1. The molecule has 1 saturated heterocycles. The molecule has 2 aromatic carbocycles. The summed E-state index contributed by atoms with van der Waals surface area (Å²) in [6, 6.07) is 11.8. The number of carbonyl (C=O) groups excluding carboxylic acids is 1. The Hall–Kier alpha value is -1.83. The SMILES string of the molecule is COc1ccc2cc(CN(C)C(=O)C3(S(C)(=O)=O)CCNCC3)ccc2c1.Cl. The van der Waals surface area contributed by atoms with Gasteiger partial charge in [0.1, 0.15) is 5.75 Å². The first-order valence-electron chi connectivity index (χ1n) is 8.99. The summed E-state index contributed by atoms with van der Waals surface area (Å²) in [6.45, 7) is 1.43. The van der Waals surface area contributed by atoms with E-state index in [1.165, 1.54) is 11.2 Å². The van der Waals surface area contributed by atoms with Gasteiger partial charge in [0, 0.05) is 19.8 Å². The number of amides is 1. The highest BCUT2D eigenvalue weighted by Gasteiger charge is 2.49. The van der Waals surface area contributed by atoms with Crippen LogP contribution in [0.25, 0.3) is 10.8 Å². The third kappa shape index (κ3) is 4.26. The summed E-state index contributed by atoms with van der Waals surface area (Å²) >= 11 is 0. The van der Waals surface area contributed by atoms with E-state index in [2.05, 4.69) is 5.32 Å². The normalized spacial score (nSPS) is 16.2. The first kappa shape index (κ1) is 22.5. The fourth-order valence-electron chi connectivity index (χ4n) is 3.77. The van der Waals surface area contributed by atoms with Crippen LogP contribution >= 0.6 is 12.4 Å². The second-order valence-corrected chi connectivity index (χ2v) is 9.55. The van der Waals surface area contributed by atoms with Gasteiger partial charge < -0.3 is 15.0 Å². The van der Waals surface area contributed by atoms with Crippen LogP contribution in [0, 0.1) is 0 Å². The predicted octanol–water partition coefficient (Wildman–Crippen LogP) is 2.40. The lowest BCUT2D eigenvalue weighted by Gasteiger charge is -2.37. The fraction of sp³-hybridized carbons (Fsp3) is 0.450. The van der Waals surface area contributed by atoms with Crippen LogP contribution in [0.2, 0.25) is 0 Å². The molecule has 154 valence electrons. The van der Waals surface area contributed by atoms with Gasteiger partial charge in [-0.05, 0) is 60.5 Å². The van der Waals surface area contributed by atoms with Crippen LogP contribution in [0.15, 0.2) is 36.4 Å². The third-order valence-corrected chi connectivity index (χ3v) is 7.39. The monoisotopic (exact) mass is 426 g/mol. The van der Waals surface area contributed by atoms with Gasteiger partial charge in [-0.3, -0.25) is 4.79 Å². The van der Waals surface area contributed by atoms with Gasteiger partial charge in [-0.15, -0.1) is 12.4 Å². The van der Waals surface area contributed by atoms with Crippen molar-refractivity contribution in [1.82, 2.24) is 10.2 Å². The zero-order valence-electron chi connectivity index (χ0n) is 16.4. The maximum atomic E-state index is 13.1. The van der Waals surface area contributed by atoms with Crippen LogP contribution in [0.1, 0.15) is 18.4 Å². The Bertz CT molecular complexity index is 956. The van der Waals surface area contributed by atoms with Crippen LogP contribution in [0.5, 0.6) is 5.75 Å². The van der Waals surface area contributed by atoms with Crippen molar-refractivity contribution >= 4 is 38.9 Å². The van der Waals surface area contributed by atoms with Gasteiger partial charge in [-0.25, -0.2) is 8.42 Å². The van der Waals surface area contributed by atoms with E-state index in [9.17, 15) is 13.2 Å². The number of methoxy groups -OCH3 is 1. The molecule has 1 fully saturated rings. The number of fused-ring (bicyclic) bond motifs is 1. The molecule has 0 radical (unpaired) electrons. The summed E-state index contributed by atoms with van der Waals surface area (Å²) in [6.07, 6.45) is 1.80. The lowest BCUT2D eigenvalue weighted by Crippen LogP contribution is -2.57. The molecular formula is C20H27ClN2O4S. The summed E-state index contributed by atoms with van der Waals surface area (Å²) in [5.74, 6) is 0.477. The molecule has 1 aliphatic heterocycles. The Morgan fingerprint density at radius 3 is 2.36 bits per heavy atom. The van der Waals surface area contributed by atoms with Crippen LogP contribution in [0.4, 0.5) is 0 Å². The minimum atomic E-state index is -3.51. The van der Waals surface area contributed by atoms with Gasteiger partial charge in [0.15, 0.2) is 14.6 Å². The summed E-state index contributed by atoms with van der Waals surface area (Å²) in [4.78, 5) is 14.7. The smallest absolute Gasteiger partial charge is 0.244 e.